The van der Waals surface area contributed by atoms with Crippen LogP contribution in [0.15, 0.2) is 24.3 Å². The first-order chi connectivity index (χ1) is 6.09. The molecule has 0 aliphatic carbocycles. The molecule has 1 rings (SSSR count). The second-order valence-electron chi connectivity index (χ2n) is 4.13. The van der Waals surface area contributed by atoms with Crippen molar-refractivity contribution < 1.29 is 0 Å². The van der Waals surface area contributed by atoms with E-state index in [4.69, 9.17) is 5.73 Å². The molecule has 1 aromatic carbocycles. The molecular formula is C12H20ClN. The maximum absolute atomic E-state index is 5.77. The monoisotopic (exact) mass is 213 g/mol. The van der Waals surface area contributed by atoms with Gasteiger partial charge in [-0.15, -0.1) is 12.4 Å². The van der Waals surface area contributed by atoms with Crippen LogP contribution in [0.25, 0.3) is 0 Å². The molecule has 2 heteroatoms. The highest BCUT2D eigenvalue weighted by Crippen LogP contribution is 2.13. The van der Waals surface area contributed by atoms with E-state index in [0.29, 0.717) is 0 Å². The van der Waals surface area contributed by atoms with E-state index in [1.165, 1.54) is 11.1 Å². The van der Waals surface area contributed by atoms with Gasteiger partial charge in [0, 0.05) is 6.04 Å². The Hall–Kier alpha value is -0.530. The minimum absolute atomic E-state index is 0. The molecule has 0 aliphatic heterocycles. The fourth-order valence-electron chi connectivity index (χ4n) is 1.43. The molecule has 0 amide bonds. The van der Waals surface area contributed by atoms with Gasteiger partial charge in [-0.1, -0.05) is 38.1 Å². The normalized spacial score (nSPS) is 12.4. The van der Waals surface area contributed by atoms with Gasteiger partial charge in [-0.25, -0.2) is 0 Å². The van der Waals surface area contributed by atoms with Crippen molar-refractivity contribution in [3.63, 3.8) is 0 Å². The zero-order valence-electron chi connectivity index (χ0n) is 9.16. The molecule has 80 valence electrons. The summed E-state index contributed by atoms with van der Waals surface area (Å²) in [4.78, 5) is 0. The molecule has 0 spiro atoms. The van der Waals surface area contributed by atoms with Crippen molar-refractivity contribution >= 4 is 12.4 Å². The van der Waals surface area contributed by atoms with Crippen molar-refractivity contribution in [3.8, 4) is 0 Å². The molecule has 14 heavy (non-hydrogen) atoms. The Kier molecular flexibility index (Phi) is 5.82. The predicted octanol–water partition coefficient (Wildman–Crippen LogP) is 3.33. The number of halogens is 1. The van der Waals surface area contributed by atoms with Gasteiger partial charge in [0.25, 0.3) is 0 Å². The van der Waals surface area contributed by atoms with Crippen molar-refractivity contribution in [3.05, 3.63) is 35.4 Å². The summed E-state index contributed by atoms with van der Waals surface area (Å²) in [7, 11) is 0. The minimum Gasteiger partial charge on any atom is -0.324 e. The first-order valence-electron chi connectivity index (χ1n) is 4.94. The predicted molar refractivity (Wildman–Crippen MR) is 64.8 cm³/mol. The first kappa shape index (κ1) is 13.5. The Bertz CT molecular complexity index is 252. The third kappa shape index (κ3) is 4.12. The Morgan fingerprint density at radius 2 is 1.57 bits per heavy atom. The molecule has 0 bridgehead atoms. The van der Waals surface area contributed by atoms with E-state index >= 15 is 0 Å². The summed E-state index contributed by atoms with van der Waals surface area (Å²) in [5.41, 5.74) is 8.38. The third-order valence-electron chi connectivity index (χ3n) is 2.15. The molecule has 0 unspecified atom stereocenters. The van der Waals surface area contributed by atoms with Crippen LogP contribution in [0.2, 0.25) is 0 Å². The Balaban J connectivity index is 0.00000169. The second kappa shape index (κ2) is 6.05. The van der Waals surface area contributed by atoms with Gasteiger partial charge in [0.15, 0.2) is 0 Å². The van der Waals surface area contributed by atoms with E-state index in [0.717, 1.165) is 12.3 Å². The van der Waals surface area contributed by atoms with Crippen LogP contribution in [0.5, 0.6) is 0 Å². The molecule has 2 N–H and O–H groups in total. The van der Waals surface area contributed by atoms with Crippen molar-refractivity contribution in [1.82, 2.24) is 0 Å². The highest BCUT2D eigenvalue weighted by Gasteiger charge is 2.00. The quantitative estimate of drug-likeness (QED) is 0.819. The zero-order chi connectivity index (χ0) is 9.84. The maximum atomic E-state index is 5.77. The Morgan fingerprint density at radius 3 is 1.93 bits per heavy atom. The average Bonchev–Trinajstić information content (AvgIpc) is 2.04. The van der Waals surface area contributed by atoms with Crippen molar-refractivity contribution in [2.75, 3.05) is 0 Å². The largest absolute Gasteiger partial charge is 0.324 e. The van der Waals surface area contributed by atoms with Gasteiger partial charge in [-0.05, 0) is 30.4 Å². The van der Waals surface area contributed by atoms with Gasteiger partial charge in [-0.3, -0.25) is 0 Å². The summed E-state index contributed by atoms with van der Waals surface area (Å²) >= 11 is 0. The van der Waals surface area contributed by atoms with Crippen molar-refractivity contribution in [2.45, 2.75) is 33.2 Å². The number of rotatable bonds is 3. The van der Waals surface area contributed by atoms with Crippen LogP contribution in [0, 0.1) is 5.92 Å². The maximum Gasteiger partial charge on any atom is 0.0266 e. The van der Waals surface area contributed by atoms with Crippen LogP contribution >= 0.6 is 12.4 Å². The summed E-state index contributed by atoms with van der Waals surface area (Å²) in [6, 6.07) is 8.76. The van der Waals surface area contributed by atoms with E-state index in [1.54, 1.807) is 0 Å². The molecular weight excluding hydrogens is 194 g/mol. The van der Waals surface area contributed by atoms with E-state index in [9.17, 15) is 0 Å². The number of benzene rings is 1. The van der Waals surface area contributed by atoms with E-state index in [2.05, 4.69) is 38.1 Å². The van der Waals surface area contributed by atoms with Gasteiger partial charge >= 0.3 is 0 Å². The first-order valence-corrected chi connectivity index (χ1v) is 4.94. The summed E-state index contributed by atoms with van der Waals surface area (Å²) < 4.78 is 0. The minimum atomic E-state index is 0. The third-order valence-corrected chi connectivity index (χ3v) is 2.15. The molecule has 1 atom stereocenters. The van der Waals surface area contributed by atoms with Gasteiger partial charge in [0.1, 0.15) is 0 Å². The smallest absolute Gasteiger partial charge is 0.0266 e. The topological polar surface area (TPSA) is 26.0 Å². The molecule has 0 aromatic heterocycles. The Labute approximate surface area is 93.1 Å². The number of hydrogen-bond acceptors (Lipinski definition) is 1. The fourth-order valence-corrected chi connectivity index (χ4v) is 1.43. The number of hydrogen-bond donors (Lipinski definition) is 1. The van der Waals surface area contributed by atoms with Gasteiger partial charge < -0.3 is 5.73 Å². The SMILES string of the molecule is CC(C)Cc1ccc([C@H](C)N)cc1.Cl. The lowest BCUT2D eigenvalue weighted by atomic mass is 10.0. The molecule has 0 aliphatic rings. The van der Waals surface area contributed by atoms with Crippen molar-refractivity contribution in [2.24, 2.45) is 11.7 Å². The van der Waals surface area contributed by atoms with Crippen molar-refractivity contribution in [1.29, 1.82) is 0 Å². The highest BCUT2D eigenvalue weighted by molar-refractivity contribution is 5.85. The molecule has 0 heterocycles. The highest BCUT2D eigenvalue weighted by atomic mass is 35.5. The van der Waals surface area contributed by atoms with Gasteiger partial charge in [-0.2, -0.15) is 0 Å². The molecule has 0 saturated carbocycles. The van der Waals surface area contributed by atoms with Crippen LogP contribution in [0.3, 0.4) is 0 Å². The molecule has 1 nitrogen and oxygen atoms in total. The van der Waals surface area contributed by atoms with E-state index in [-0.39, 0.29) is 18.4 Å². The lowest BCUT2D eigenvalue weighted by Crippen LogP contribution is -2.04. The molecule has 0 fully saturated rings. The van der Waals surface area contributed by atoms with Gasteiger partial charge in [0.05, 0.1) is 0 Å². The standard InChI is InChI=1S/C12H19N.ClH/c1-9(2)8-11-4-6-12(7-5-11)10(3)13;/h4-7,9-10H,8,13H2,1-3H3;1H/t10-;/m0./s1. The van der Waals surface area contributed by atoms with Crippen LogP contribution in [0.1, 0.15) is 37.9 Å². The summed E-state index contributed by atoms with van der Waals surface area (Å²) in [6.07, 6.45) is 1.15. The molecule has 0 saturated heterocycles. The second-order valence-corrected chi connectivity index (χ2v) is 4.13. The molecule has 0 radical (unpaired) electrons. The summed E-state index contributed by atoms with van der Waals surface area (Å²) in [5.74, 6) is 0.723. The van der Waals surface area contributed by atoms with Crippen LogP contribution in [0.4, 0.5) is 0 Å². The summed E-state index contributed by atoms with van der Waals surface area (Å²) in [5, 5.41) is 0. The van der Waals surface area contributed by atoms with Gasteiger partial charge in [0.2, 0.25) is 0 Å². The Morgan fingerprint density at radius 1 is 1.07 bits per heavy atom. The lowest BCUT2D eigenvalue weighted by Gasteiger charge is -2.08. The van der Waals surface area contributed by atoms with Crippen LogP contribution in [-0.2, 0) is 6.42 Å². The van der Waals surface area contributed by atoms with E-state index < -0.39 is 0 Å². The van der Waals surface area contributed by atoms with Crippen LogP contribution < -0.4 is 5.73 Å². The summed E-state index contributed by atoms with van der Waals surface area (Å²) in [6.45, 7) is 6.48. The number of nitrogens with two attached hydrogens (primary N) is 1. The average molecular weight is 214 g/mol. The zero-order valence-corrected chi connectivity index (χ0v) is 9.97. The molecule has 1 aromatic rings. The van der Waals surface area contributed by atoms with Crippen LogP contribution in [-0.4, -0.2) is 0 Å². The van der Waals surface area contributed by atoms with E-state index in [1.807, 2.05) is 6.92 Å². The fraction of sp³-hybridized carbons (Fsp3) is 0.500. The lowest BCUT2D eigenvalue weighted by molar-refractivity contribution is 0.647.